The third-order valence-corrected chi connectivity index (χ3v) is 4.41. The second kappa shape index (κ2) is 11.2. The van der Waals surface area contributed by atoms with Gasteiger partial charge in [-0.05, 0) is 36.8 Å². The fourth-order valence-electron chi connectivity index (χ4n) is 3.03. The van der Waals surface area contributed by atoms with Crippen LogP contribution in [0.15, 0.2) is 40.8 Å². The Labute approximate surface area is 172 Å². The summed E-state index contributed by atoms with van der Waals surface area (Å²) >= 11 is 0. The Morgan fingerprint density at radius 1 is 1.15 bits per heavy atom. The van der Waals surface area contributed by atoms with Crippen LogP contribution in [-0.2, 0) is 16.0 Å². The molecule has 0 bridgehead atoms. The molecule has 0 aliphatic carbocycles. The quantitative estimate of drug-likeness (QED) is 0.708. The monoisotopic (exact) mass is 415 g/mol. The van der Waals surface area contributed by atoms with Crippen LogP contribution >= 0.6 is 24.8 Å². The summed E-state index contributed by atoms with van der Waals surface area (Å²) in [5.74, 6) is 1.75. The maximum absolute atomic E-state index is 12.3. The molecule has 1 aromatic carbocycles. The Morgan fingerprint density at radius 3 is 2.41 bits per heavy atom. The molecule has 3 N–H and O–H groups in total. The number of nitrogens with zero attached hydrogens (tertiary/aromatic N) is 1. The Kier molecular flexibility index (Phi) is 9.66. The Morgan fingerprint density at radius 2 is 1.81 bits per heavy atom. The molecular formula is C19H27Cl2N3O3. The summed E-state index contributed by atoms with van der Waals surface area (Å²) in [7, 11) is 0. The van der Waals surface area contributed by atoms with Crippen molar-refractivity contribution in [3.05, 3.63) is 53.5 Å². The number of morpholine rings is 1. The molecule has 2 heterocycles. The molecule has 1 aromatic heterocycles. The van der Waals surface area contributed by atoms with E-state index in [9.17, 15) is 4.79 Å². The van der Waals surface area contributed by atoms with Crippen molar-refractivity contribution in [2.75, 3.05) is 38.6 Å². The van der Waals surface area contributed by atoms with Crippen molar-refractivity contribution in [2.45, 2.75) is 19.4 Å². The van der Waals surface area contributed by atoms with E-state index < -0.39 is 0 Å². The number of furan rings is 1. The molecule has 1 amide bonds. The number of nitrogen functional groups attached to an aromatic ring is 1. The van der Waals surface area contributed by atoms with E-state index in [1.54, 1.807) is 0 Å². The highest BCUT2D eigenvalue weighted by atomic mass is 35.5. The maximum Gasteiger partial charge on any atom is 0.224 e. The fourth-order valence-corrected chi connectivity index (χ4v) is 3.03. The highest BCUT2D eigenvalue weighted by molar-refractivity contribution is 5.85. The molecule has 27 heavy (non-hydrogen) atoms. The summed E-state index contributed by atoms with van der Waals surface area (Å²) in [5, 5.41) is 3.04. The number of rotatable bonds is 6. The van der Waals surface area contributed by atoms with Crippen molar-refractivity contribution in [3.63, 3.8) is 0 Å². The lowest BCUT2D eigenvalue weighted by Gasteiger charge is -2.33. The van der Waals surface area contributed by atoms with Crippen molar-refractivity contribution < 1.29 is 13.9 Å². The van der Waals surface area contributed by atoms with Gasteiger partial charge in [0.25, 0.3) is 0 Å². The van der Waals surface area contributed by atoms with E-state index in [4.69, 9.17) is 14.9 Å². The van der Waals surface area contributed by atoms with E-state index in [1.807, 2.05) is 43.3 Å². The van der Waals surface area contributed by atoms with E-state index in [1.165, 1.54) is 0 Å². The zero-order valence-corrected chi connectivity index (χ0v) is 17.0. The molecule has 0 radical (unpaired) electrons. The van der Waals surface area contributed by atoms with Gasteiger partial charge in [-0.1, -0.05) is 12.1 Å². The molecule has 0 spiro atoms. The van der Waals surface area contributed by atoms with Gasteiger partial charge < -0.3 is 20.2 Å². The van der Waals surface area contributed by atoms with Crippen LogP contribution in [0.4, 0.5) is 5.69 Å². The van der Waals surface area contributed by atoms with Gasteiger partial charge in [-0.2, -0.15) is 0 Å². The van der Waals surface area contributed by atoms with Crippen LogP contribution in [0.1, 0.15) is 23.1 Å². The number of aryl methyl sites for hydroxylation is 1. The number of anilines is 1. The number of ether oxygens (including phenoxy) is 1. The number of carbonyl (C=O) groups is 1. The number of carbonyl (C=O) groups excluding carboxylic acids is 1. The van der Waals surface area contributed by atoms with Gasteiger partial charge in [-0.15, -0.1) is 24.8 Å². The van der Waals surface area contributed by atoms with Crippen LogP contribution in [0, 0.1) is 6.92 Å². The number of nitrogens with two attached hydrogens (primary N) is 1. The van der Waals surface area contributed by atoms with E-state index in [0.29, 0.717) is 31.9 Å². The van der Waals surface area contributed by atoms with Crippen molar-refractivity contribution in [1.29, 1.82) is 0 Å². The lowest BCUT2D eigenvalue weighted by atomic mass is 10.1. The molecule has 1 aliphatic rings. The number of amides is 1. The summed E-state index contributed by atoms with van der Waals surface area (Å²) in [6.45, 7) is 5.52. The molecule has 1 aliphatic heterocycles. The maximum atomic E-state index is 12.3. The zero-order valence-electron chi connectivity index (χ0n) is 15.3. The summed E-state index contributed by atoms with van der Waals surface area (Å²) in [5.41, 5.74) is 7.32. The summed E-state index contributed by atoms with van der Waals surface area (Å²) in [6.07, 6.45) is 0.341. The molecule has 0 saturated carbocycles. The van der Waals surface area contributed by atoms with Gasteiger partial charge in [0.15, 0.2) is 0 Å². The first-order valence-electron chi connectivity index (χ1n) is 8.61. The van der Waals surface area contributed by atoms with E-state index in [2.05, 4.69) is 10.2 Å². The molecular weight excluding hydrogens is 389 g/mol. The Hall–Kier alpha value is -1.73. The molecule has 1 unspecified atom stereocenters. The number of benzene rings is 1. The predicted molar refractivity (Wildman–Crippen MR) is 111 cm³/mol. The molecule has 3 rings (SSSR count). The topological polar surface area (TPSA) is 80.7 Å². The minimum absolute atomic E-state index is 0. The van der Waals surface area contributed by atoms with Crippen LogP contribution in [0.25, 0.3) is 0 Å². The molecule has 1 atom stereocenters. The standard InChI is InChI=1S/C19H25N3O3.2ClH/c1-14-2-7-18(25-14)17(22-8-10-24-11-9-22)13-21-19(23)12-15-3-5-16(20)6-4-15;;/h2-7,17H,8-13,20H2,1H3,(H,21,23);2*1H. The molecule has 6 nitrogen and oxygen atoms in total. The van der Waals surface area contributed by atoms with Gasteiger partial charge in [0.2, 0.25) is 5.91 Å². The lowest BCUT2D eigenvalue weighted by molar-refractivity contribution is -0.120. The van der Waals surface area contributed by atoms with Gasteiger partial charge >= 0.3 is 0 Å². The lowest BCUT2D eigenvalue weighted by Crippen LogP contribution is -2.43. The number of hydrogen-bond acceptors (Lipinski definition) is 5. The largest absolute Gasteiger partial charge is 0.465 e. The normalized spacial score (nSPS) is 15.3. The van der Waals surface area contributed by atoms with Crippen LogP contribution in [0.5, 0.6) is 0 Å². The predicted octanol–water partition coefficient (Wildman–Crippen LogP) is 2.75. The molecule has 1 saturated heterocycles. The second-order valence-corrected chi connectivity index (χ2v) is 6.33. The van der Waals surface area contributed by atoms with Crippen LogP contribution in [0.2, 0.25) is 0 Å². The van der Waals surface area contributed by atoms with E-state index in [0.717, 1.165) is 30.2 Å². The van der Waals surface area contributed by atoms with Gasteiger partial charge in [-0.25, -0.2) is 0 Å². The third kappa shape index (κ3) is 6.74. The zero-order chi connectivity index (χ0) is 17.6. The highest BCUT2D eigenvalue weighted by Gasteiger charge is 2.25. The average molecular weight is 416 g/mol. The molecule has 1 fully saturated rings. The first-order chi connectivity index (χ1) is 12.1. The van der Waals surface area contributed by atoms with Gasteiger partial charge in [0, 0.05) is 25.3 Å². The van der Waals surface area contributed by atoms with Crippen molar-refractivity contribution >= 4 is 36.4 Å². The summed E-state index contributed by atoms with van der Waals surface area (Å²) in [6, 6.07) is 11.3. The molecule has 150 valence electrons. The molecule has 2 aromatic rings. The van der Waals surface area contributed by atoms with E-state index in [-0.39, 0.29) is 36.8 Å². The molecule has 8 heteroatoms. The SMILES string of the molecule is Cc1ccc(C(CNC(=O)Cc2ccc(N)cc2)N2CCOCC2)o1.Cl.Cl. The van der Waals surface area contributed by atoms with Crippen LogP contribution in [0.3, 0.4) is 0 Å². The summed E-state index contributed by atoms with van der Waals surface area (Å²) in [4.78, 5) is 14.6. The smallest absolute Gasteiger partial charge is 0.224 e. The van der Waals surface area contributed by atoms with Gasteiger partial charge in [-0.3, -0.25) is 9.69 Å². The first kappa shape index (κ1) is 23.3. The van der Waals surface area contributed by atoms with Gasteiger partial charge in [0.05, 0.1) is 25.7 Å². The first-order valence-corrected chi connectivity index (χ1v) is 8.61. The second-order valence-electron chi connectivity index (χ2n) is 6.33. The van der Waals surface area contributed by atoms with Crippen molar-refractivity contribution in [1.82, 2.24) is 10.2 Å². The van der Waals surface area contributed by atoms with Gasteiger partial charge in [0.1, 0.15) is 11.5 Å². The Balaban J connectivity index is 0.00000182. The minimum atomic E-state index is -0.00805. The highest BCUT2D eigenvalue weighted by Crippen LogP contribution is 2.23. The van der Waals surface area contributed by atoms with Crippen LogP contribution in [-0.4, -0.2) is 43.7 Å². The average Bonchev–Trinajstić information content (AvgIpc) is 3.04. The fraction of sp³-hybridized carbons (Fsp3) is 0.421. The summed E-state index contributed by atoms with van der Waals surface area (Å²) < 4.78 is 11.3. The van der Waals surface area contributed by atoms with Crippen molar-refractivity contribution in [2.24, 2.45) is 0 Å². The number of nitrogens with one attached hydrogen (secondary N) is 1. The number of hydrogen-bond donors (Lipinski definition) is 2. The Bertz CT molecular complexity index is 700. The number of halogens is 2. The minimum Gasteiger partial charge on any atom is -0.465 e. The van der Waals surface area contributed by atoms with Crippen molar-refractivity contribution in [3.8, 4) is 0 Å². The van der Waals surface area contributed by atoms with E-state index >= 15 is 0 Å². The van der Waals surface area contributed by atoms with Crippen LogP contribution < -0.4 is 11.1 Å². The third-order valence-electron chi connectivity index (χ3n) is 4.41.